The molecular formula is C14H15ClN2O2. The molecule has 0 atom stereocenters. The fourth-order valence-corrected chi connectivity index (χ4v) is 2.20. The maximum Gasteiger partial charge on any atom is 0.255 e. The van der Waals surface area contributed by atoms with Crippen LogP contribution in [0.3, 0.4) is 0 Å². The van der Waals surface area contributed by atoms with Gasteiger partial charge in [0.05, 0.1) is 13.7 Å². The molecule has 0 bridgehead atoms. The van der Waals surface area contributed by atoms with Gasteiger partial charge in [-0.2, -0.15) is 0 Å². The van der Waals surface area contributed by atoms with Crippen LogP contribution in [0, 0.1) is 13.8 Å². The van der Waals surface area contributed by atoms with Gasteiger partial charge in [-0.3, -0.25) is 9.36 Å². The van der Waals surface area contributed by atoms with Crippen molar-refractivity contribution in [2.24, 2.45) is 0 Å². The topological polar surface area (TPSA) is 44.1 Å². The van der Waals surface area contributed by atoms with E-state index in [1.807, 2.05) is 25.1 Å². The summed E-state index contributed by atoms with van der Waals surface area (Å²) in [4.78, 5) is 16.0. The quantitative estimate of drug-likeness (QED) is 0.811. The standard InChI is InChI=1S/C14H15ClN2O2/c1-9-4-5-12(19-3)11(6-9)8-17-10(2)16-13(15)7-14(17)18/h4-7H,8H2,1-3H3. The number of hydrogen-bond acceptors (Lipinski definition) is 3. The molecular weight excluding hydrogens is 264 g/mol. The van der Waals surface area contributed by atoms with Crippen molar-refractivity contribution in [2.45, 2.75) is 20.4 Å². The number of nitrogens with zero attached hydrogens (tertiary/aromatic N) is 2. The number of aryl methyl sites for hydroxylation is 2. The zero-order valence-corrected chi connectivity index (χ0v) is 11.9. The second-order valence-electron chi connectivity index (χ2n) is 4.37. The maximum atomic E-state index is 11.9. The average Bonchev–Trinajstić information content (AvgIpc) is 2.34. The van der Waals surface area contributed by atoms with Crippen molar-refractivity contribution < 1.29 is 4.74 Å². The third-order valence-electron chi connectivity index (χ3n) is 2.93. The van der Waals surface area contributed by atoms with Crippen LogP contribution in [0.25, 0.3) is 0 Å². The Kier molecular flexibility index (Phi) is 3.90. The monoisotopic (exact) mass is 278 g/mol. The van der Waals surface area contributed by atoms with Crippen LogP contribution in [0.2, 0.25) is 5.15 Å². The van der Waals surface area contributed by atoms with E-state index in [9.17, 15) is 4.79 Å². The molecule has 0 aliphatic carbocycles. The highest BCUT2D eigenvalue weighted by molar-refractivity contribution is 6.29. The lowest BCUT2D eigenvalue weighted by atomic mass is 10.1. The number of hydrogen-bond donors (Lipinski definition) is 0. The lowest BCUT2D eigenvalue weighted by Gasteiger charge is -2.13. The molecule has 19 heavy (non-hydrogen) atoms. The van der Waals surface area contributed by atoms with Crippen LogP contribution >= 0.6 is 11.6 Å². The summed E-state index contributed by atoms with van der Waals surface area (Å²) in [7, 11) is 1.61. The fraction of sp³-hybridized carbons (Fsp3) is 0.286. The molecule has 5 heteroatoms. The minimum atomic E-state index is -0.166. The fourth-order valence-electron chi connectivity index (χ4n) is 1.98. The first-order valence-electron chi connectivity index (χ1n) is 5.89. The highest BCUT2D eigenvalue weighted by atomic mass is 35.5. The van der Waals surface area contributed by atoms with Gasteiger partial charge in [-0.15, -0.1) is 0 Å². The predicted octanol–water partition coefficient (Wildman–Crippen LogP) is 2.57. The number of halogens is 1. The average molecular weight is 279 g/mol. The second-order valence-corrected chi connectivity index (χ2v) is 4.75. The summed E-state index contributed by atoms with van der Waals surface area (Å²) < 4.78 is 6.89. The molecule has 2 aromatic rings. The Morgan fingerprint density at radius 2 is 2.05 bits per heavy atom. The molecule has 1 heterocycles. The molecule has 0 aliphatic rings. The third-order valence-corrected chi connectivity index (χ3v) is 3.13. The van der Waals surface area contributed by atoms with Crippen LogP contribution in [0.1, 0.15) is 17.0 Å². The van der Waals surface area contributed by atoms with E-state index in [2.05, 4.69) is 4.98 Å². The van der Waals surface area contributed by atoms with Crippen LogP contribution in [0.15, 0.2) is 29.1 Å². The van der Waals surface area contributed by atoms with Crippen molar-refractivity contribution in [3.05, 3.63) is 56.7 Å². The zero-order chi connectivity index (χ0) is 14.0. The summed E-state index contributed by atoms with van der Waals surface area (Å²) in [6, 6.07) is 7.18. The van der Waals surface area contributed by atoms with Crippen molar-refractivity contribution in [2.75, 3.05) is 7.11 Å². The minimum Gasteiger partial charge on any atom is -0.496 e. The Balaban J connectivity index is 2.47. The molecule has 0 spiro atoms. The molecule has 2 rings (SSSR count). The van der Waals surface area contributed by atoms with Gasteiger partial charge in [0.1, 0.15) is 16.7 Å². The molecule has 1 aromatic carbocycles. The summed E-state index contributed by atoms with van der Waals surface area (Å²) >= 11 is 5.76. The van der Waals surface area contributed by atoms with Crippen LogP contribution in [0.5, 0.6) is 5.75 Å². The number of rotatable bonds is 3. The number of aromatic nitrogens is 2. The number of benzene rings is 1. The van der Waals surface area contributed by atoms with Gasteiger partial charge in [-0.05, 0) is 19.9 Å². The SMILES string of the molecule is COc1ccc(C)cc1Cn1c(C)nc(Cl)cc1=O. The number of methoxy groups -OCH3 is 1. The van der Waals surface area contributed by atoms with E-state index in [1.165, 1.54) is 6.07 Å². The van der Waals surface area contributed by atoms with Gasteiger partial charge in [-0.1, -0.05) is 29.3 Å². The van der Waals surface area contributed by atoms with Gasteiger partial charge in [0, 0.05) is 11.6 Å². The van der Waals surface area contributed by atoms with E-state index >= 15 is 0 Å². The molecule has 0 saturated heterocycles. The smallest absolute Gasteiger partial charge is 0.255 e. The summed E-state index contributed by atoms with van der Waals surface area (Å²) in [5.74, 6) is 1.34. The lowest BCUT2D eigenvalue weighted by Crippen LogP contribution is -2.23. The highest BCUT2D eigenvalue weighted by Gasteiger charge is 2.08. The Morgan fingerprint density at radius 1 is 1.32 bits per heavy atom. The first-order valence-corrected chi connectivity index (χ1v) is 6.26. The Hall–Kier alpha value is -1.81. The predicted molar refractivity (Wildman–Crippen MR) is 75.1 cm³/mol. The van der Waals surface area contributed by atoms with E-state index in [4.69, 9.17) is 16.3 Å². The van der Waals surface area contributed by atoms with Crippen LogP contribution < -0.4 is 10.3 Å². The van der Waals surface area contributed by atoms with Gasteiger partial charge in [-0.25, -0.2) is 4.98 Å². The largest absolute Gasteiger partial charge is 0.496 e. The van der Waals surface area contributed by atoms with Crippen molar-refractivity contribution in [3.8, 4) is 5.75 Å². The van der Waals surface area contributed by atoms with Crippen molar-refractivity contribution >= 4 is 11.6 Å². The van der Waals surface area contributed by atoms with Crippen LogP contribution in [-0.4, -0.2) is 16.7 Å². The van der Waals surface area contributed by atoms with E-state index < -0.39 is 0 Å². The summed E-state index contributed by atoms with van der Waals surface area (Å²) in [6.07, 6.45) is 0. The lowest BCUT2D eigenvalue weighted by molar-refractivity contribution is 0.407. The van der Waals surface area contributed by atoms with Crippen molar-refractivity contribution in [1.82, 2.24) is 9.55 Å². The molecule has 0 unspecified atom stereocenters. The Labute approximate surface area is 116 Å². The van der Waals surface area contributed by atoms with Crippen molar-refractivity contribution in [3.63, 3.8) is 0 Å². The Bertz CT molecular complexity index is 665. The first kappa shape index (κ1) is 13.6. The highest BCUT2D eigenvalue weighted by Crippen LogP contribution is 2.20. The third kappa shape index (κ3) is 2.96. The molecule has 4 nitrogen and oxygen atoms in total. The van der Waals surface area contributed by atoms with E-state index in [0.717, 1.165) is 16.9 Å². The Morgan fingerprint density at radius 3 is 2.68 bits per heavy atom. The molecule has 100 valence electrons. The molecule has 0 aliphatic heterocycles. The van der Waals surface area contributed by atoms with Gasteiger partial charge in [0.2, 0.25) is 0 Å². The van der Waals surface area contributed by atoms with Gasteiger partial charge in [0.25, 0.3) is 5.56 Å². The second kappa shape index (κ2) is 5.45. The molecule has 0 fully saturated rings. The molecule has 0 amide bonds. The van der Waals surface area contributed by atoms with E-state index in [-0.39, 0.29) is 10.7 Å². The van der Waals surface area contributed by atoms with E-state index in [1.54, 1.807) is 18.6 Å². The van der Waals surface area contributed by atoms with Crippen LogP contribution in [0.4, 0.5) is 0 Å². The van der Waals surface area contributed by atoms with Gasteiger partial charge in [0.15, 0.2) is 0 Å². The molecule has 0 saturated carbocycles. The first-order chi connectivity index (χ1) is 9.01. The summed E-state index contributed by atoms with van der Waals surface area (Å²) in [5.41, 5.74) is 1.89. The number of ether oxygens (including phenoxy) is 1. The van der Waals surface area contributed by atoms with E-state index in [0.29, 0.717) is 12.4 Å². The van der Waals surface area contributed by atoms with Crippen molar-refractivity contribution in [1.29, 1.82) is 0 Å². The molecule has 0 N–H and O–H groups in total. The normalized spacial score (nSPS) is 10.5. The maximum absolute atomic E-state index is 11.9. The van der Waals surface area contributed by atoms with Gasteiger partial charge < -0.3 is 4.74 Å². The van der Waals surface area contributed by atoms with Gasteiger partial charge >= 0.3 is 0 Å². The minimum absolute atomic E-state index is 0.166. The zero-order valence-electron chi connectivity index (χ0n) is 11.1. The molecule has 0 radical (unpaired) electrons. The molecule has 1 aromatic heterocycles. The van der Waals surface area contributed by atoms with Crippen LogP contribution in [-0.2, 0) is 6.54 Å². The summed E-state index contributed by atoms with van der Waals surface area (Å²) in [5, 5.41) is 0.218. The summed E-state index contributed by atoms with van der Waals surface area (Å²) in [6.45, 7) is 4.17.